The Hall–Kier alpha value is -0.300. The fraction of sp³-hybridized carbons (Fsp3) is 0.875. The summed E-state index contributed by atoms with van der Waals surface area (Å²) in [6.45, 7) is 2.28. The third kappa shape index (κ3) is 1.78. The molecule has 96 valence electrons. The Balaban J connectivity index is 1.68. The highest BCUT2D eigenvalue weighted by Gasteiger charge is 2.58. The number of aliphatic hydroxyl groups excluding tert-OH is 1. The predicted molar refractivity (Wildman–Crippen MR) is 70.7 cm³/mol. The molecule has 2 bridgehead atoms. The minimum Gasteiger partial charge on any atom is -0.392 e. The van der Waals surface area contributed by atoms with Crippen molar-refractivity contribution in [3.63, 3.8) is 0 Å². The van der Waals surface area contributed by atoms with Crippen LogP contribution >= 0.6 is 0 Å². The first-order chi connectivity index (χ1) is 8.26. The standard InChI is InChI=1S/C16H26O/c1-12(11-17)4-2-8-16-9-3-5-15(16)13-6-7-14(16)10-13/h4,13-15,17H,2-3,5-11H2,1H3/b12-4+/t13-,14+,15-,16+/m1/s1. The van der Waals surface area contributed by atoms with Gasteiger partial charge in [0.1, 0.15) is 0 Å². The molecule has 0 amide bonds. The zero-order valence-electron chi connectivity index (χ0n) is 11.1. The lowest BCUT2D eigenvalue weighted by molar-refractivity contribution is 0.100. The van der Waals surface area contributed by atoms with Crippen molar-refractivity contribution in [1.29, 1.82) is 0 Å². The maximum absolute atomic E-state index is 9.05. The molecule has 1 N–H and O–H groups in total. The van der Waals surface area contributed by atoms with Crippen LogP contribution in [-0.4, -0.2) is 11.7 Å². The van der Waals surface area contributed by atoms with Gasteiger partial charge in [0, 0.05) is 0 Å². The van der Waals surface area contributed by atoms with Gasteiger partial charge in [-0.2, -0.15) is 0 Å². The molecular weight excluding hydrogens is 208 g/mol. The molecule has 0 aromatic heterocycles. The predicted octanol–water partition coefficient (Wildman–Crippen LogP) is 3.92. The minimum absolute atomic E-state index is 0.239. The molecule has 3 saturated carbocycles. The normalized spacial score (nSPS) is 44.4. The molecule has 0 radical (unpaired) electrons. The second-order valence-electron chi connectivity index (χ2n) is 6.75. The van der Waals surface area contributed by atoms with E-state index in [1.807, 2.05) is 6.92 Å². The molecule has 0 aromatic rings. The number of aliphatic hydroxyl groups is 1. The number of hydrogen-bond acceptors (Lipinski definition) is 1. The Morgan fingerprint density at radius 3 is 3.06 bits per heavy atom. The third-order valence-corrected chi connectivity index (χ3v) is 6.10. The fourth-order valence-electron chi connectivity index (χ4n) is 5.41. The van der Waals surface area contributed by atoms with Crippen LogP contribution in [0.3, 0.4) is 0 Å². The van der Waals surface area contributed by atoms with Crippen molar-refractivity contribution in [2.45, 2.75) is 58.3 Å². The molecule has 3 rings (SSSR count). The third-order valence-electron chi connectivity index (χ3n) is 6.10. The van der Waals surface area contributed by atoms with E-state index in [2.05, 4.69) is 6.08 Å². The van der Waals surface area contributed by atoms with Gasteiger partial charge in [-0.1, -0.05) is 18.1 Å². The summed E-state index contributed by atoms with van der Waals surface area (Å²) in [5, 5.41) is 9.05. The van der Waals surface area contributed by atoms with Crippen molar-refractivity contribution in [3.05, 3.63) is 11.6 Å². The summed E-state index contributed by atoms with van der Waals surface area (Å²) in [5.41, 5.74) is 1.88. The van der Waals surface area contributed by atoms with Crippen molar-refractivity contribution < 1.29 is 5.11 Å². The Bertz CT molecular complexity index is 319. The van der Waals surface area contributed by atoms with Gasteiger partial charge in [0.2, 0.25) is 0 Å². The van der Waals surface area contributed by atoms with Gasteiger partial charge in [-0.25, -0.2) is 0 Å². The SMILES string of the molecule is C/C(=C\CC[C@@]12CCC[C@@H]1[C@@H]1CC[C@H]2C1)CO. The average molecular weight is 234 g/mol. The van der Waals surface area contributed by atoms with E-state index in [0.717, 1.165) is 28.7 Å². The highest BCUT2D eigenvalue weighted by molar-refractivity contribution is 5.09. The van der Waals surface area contributed by atoms with Crippen molar-refractivity contribution in [1.82, 2.24) is 0 Å². The van der Waals surface area contributed by atoms with Crippen LogP contribution in [0.25, 0.3) is 0 Å². The number of rotatable bonds is 4. The summed E-state index contributed by atoms with van der Waals surface area (Å²) < 4.78 is 0. The summed E-state index contributed by atoms with van der Waals surface area (Å²) in [4.78, 5) is 0. The molecule has 0 aromatic carbocycles. The zero-order chi connectivity index (χ0) is 11.9. The number of allylic oxidation sites excluding steroid dienone is 1. The summed E-state index contributed by atoms with van der Waals surface area (Å²) in [5.74, 6) is 3.22. The van der Waals surface area contributed by atoms with E-state index in [-0.39, 0.29) is 6.61 Å². The Morgan fingerprint density at radius 2 is 2.24 bits per heavy atom. The molecule has 3 aliphatic carbocycles. The maximum Gasteiger partial charge on any atom is 0.0639 e. The van der Waals surface area contributed by atoms with Gasteiger partial charge in [-0.05, 0) is 75.0 Å². The van der Waals surface area contributed by atoms with Crippen molar-refractivity contribution in [3.8, 4) is 0 Å². The van der Waals surface area contributed by atoms with Crippen LogP contribution in [0.4, 0.5) is 0 Å². The van der Waals surface area contributed by atoms with Crippen LogP contribution in [0.5, 0.6) is 0 Å². The second-order valence-corrected chi connectivity index (χ2v) is 6.75. The monoisotopic (exact) mass is 234 g/mol. The molecule has 0 aliphatic heterocycles. The summed E-state index contributed by atoms with van der Waals surface area (Å²) in [7, 11) is 0. The lowest BCUT2D eigenvalue weighted by Crippen LogP contribution is -2.31. The lowest BCUT2D eigenvalue weighted by atomic mass is 9.65. The van der Waals surface area contributed by atoms with Crippen LogP contribution in [0.2, 0.25) is 0 Å². The molecule has 3 fully saturated rings. The first-order valence-electron chi connectivity index (χ1n) is 7.53. The summed E-state index contributed by atoms with van der Waals surface area (Å²) in [6, 6.07) is 0. The maximum atomic E-state index is 9.05. The number of fused-ring (bicyclic) bond motifs is 5. The van der Waals surface area contributed by atoms with Crippen molar-refractivity contribution in [2.24, 2.45) is 23.2 Å². The van der Waals surface area contributed by atoms with Crippen LogP contribution in [0, 0.1) is 23.2 Å². The molecule has 0 heterocycles. The second kappa shape index (κ2) is 4.42. The molecule has 17 heavy (non-hydrogen) atoms. The van der Waals surface area contributed by atoms with E-state index in [9.17, 15) is 0 Å². The first-order valence-corrected chi connectivity index (χ1v) is 7.53. The van der Waals surface area contributed by atoms with Gasteiger partial charge in [-0.15, -0.1) is 0 Å². The van der Waals surface area contributed by atoms with E-state index in [1.165, 1.54) is 44.9 Å². The quantitative estimate of drug-likeness (QED) is 0.731. The molecule has 0 spiro atoms. The largest absolute Gasteiger partial charge is 0.392 e. The summed E-state index contributed by atoms with van der Waals surface area (Å²) >= 11 is 0. The van der Waals surface area contributed by atoms with Gasteiger partial charge in [0.15, 0.2) is 0 Å². The fourth-order valence-corrected chi connectivity index (χ4v) is 5.41. The van der Waals surface area contributed by atoms with Crippen molar-refractivity contribution in [2.75, 3.05) is 6.61 Å². The smallest absolute Gasteiger partial charge is 0.0639 e. The lowest BCUT2D eigenvalue weighted by Gasteiger charge is -2.39. The number of hydrogen-bond donors (Lipinski definition) is 1. The molecule has 4 atom stereocenters. The molecule has 3 aliphatic rings. The van der Waals surface area contributed by atoms with Gasteiger partial charge in [0.25, 0.3) is 0 Å². The van der Waals surface area contributed by atoms with Gasteiger partial charge in [-0.3, -0.25) is 0 Å². The minimum atomic E-state index is 0.239. The van der Waals surface area contributed by atoms with E-state index < -0.39 is 0 Å². The van der Waals surface area contributed by atoms with Crippen molar-refractivity contribution >= 4 is 0 Å². The van der Waals surface area contributed by atoms with Gasteiger partial charge in [0.05, 0.1) is 6.61 Å². The Morgan fingerprint density at radius 1 is 1.35 bits per heavy atom. The van der Waals surface area contributed by atoms with Crippen LogP contribution in [0.15, 0.2) is 11.6 Å². The molecular formula is C16H26O. The highest BCUT2D eigenvalue weighted by Crippen LogP contribution is 2.67. The van der Waals surface area contributed by atoms with Crippen LogP contribution in [0.1, 0.15) is 58.3 Å². The summed E-state index contributed by atoms with van der Waals surface area (Å²) in [6.07, 6.45) is 14.0. The Kier molecular flexibility index (Phi) is 3.06. The molecule has 0 saturated heterocycles. The van der Waals surface area contributed by atoms with Crippen LogP contribution < -0.4 is 0 Å². The van der Waals surface area contributed by atoms with Crippen LogP contribution in [-0.2, 0) is 0 Å². The topological polar surface area (TPSA) is 20.2 Å². The first kappa shape index (κ1) is 11.8. The van der Waals surface area contributed by atoms with E-state index in [0.29, 0.717) is 0 Å². The highest BCUT2D eigenvalue weighted by atomic mass is 16.3. The van der Waals surface area contributed by atoms with E-state index >= 15 is 0 Å². The van der Waals surface area contributed by atoms with E-state index in [4.69, 9.17) is 5.11 Å². The Labute approximate surface area is 105 Å². The van der Waals surface area contributed by atoms with E-state index in [1.54, 1.807) is 6.42 Å². The van der Waals surface area contributed by atoms with Gasteiger partial charge >= 0.3 is 0 Å². The molecule has 0 unspecified atom stereocenters. The molecule has 1 heteroatoms. The van der Waals surface area contributed by atoms with Gasteiger partial charge < -0.3 is 5.11 Å². The molecule has 1 nitrogen and oxygen atoms in total. The average Bonchev–Trinajstić information content (AvgIpc) is 3.00. The zero-order valence-corrected chi connectivity index (χ0v) is 11.1.